The molecule has 6 nitrogen and oxygen atoms in total. The molecule has 1 fully saturated rings. The third-order valence-electron chi connectivity index (χ3n) is 5.32. The molecule has 0 aliphatic carbocycles. The van der Waals surface area contributed by atoms with E-state index < -0.39 is 0 Å². The number of likely N-dealkylation sites (tertiary alicyclic amines) is 1. The zero-order valence-corrected chi connectivity index (χ0v) is 15.4. The number of carbonyl (C=O) groups excluding carboxylic acids is 3. The molecule has 0 spiro atoms. The van der Waals surface area contributed by atoms with Crippen molar-refractivity contribution < 1.29 is 14.4 Å². The molecule has 0 saturated carbocycles. The number of fused-ring (bicyclic) bond motifs is 1. The van der Waals surface area contributed by atoms with E-state index in [0.717, 1.165) is 37.9 Å². The van der Waals surface area contributed by atoms with Crippen molar-refractivity contribution in [1.29, 1.82) is 0 Å². The van der Waals surface area contributed by atoms with E-state index in [1.807, 2.05) is 23.1 Å². The average Bonchev–Trinajstić information content (AvgIpc) is 3.16. The first-order valence-corrected chi connectivity index (χ1v) is 9.45. The largest absolute Gasteiger partial charge is 0.356 e. The van der Waals surface area contributed by atoms with E-state index in [4.69, 9.17) is 0 Å². The van der Waals surface area contributed by atoms with Crippen LogP contribution in [0.1, 0.15) is 49.8 Å². The summed E-state index contributed by atoms with van der Waals surface area (Å²) in [6.07, 6.45) is 3.52. The van der Waals surface area contributed by atoms with Crippen LogP contribution in [0.2, 0.25) is 0 Å². The molecule has 2 heterocycles. The van der Waals surface area contributed by atoms with Crippen molar-refractivity contribution in [3.63, 3.8) is 0 Å². The van der Waals surface area contributed by atoms with E-state index in [1.54, 1.807) is 11.8 Å². The van der Waals surface area contributed by atoms with Crippen molar-refractivity contribution in [2.75, 3.05) is 26.2 Å². The van der Waals surface area contributed by atoms with Gasteiger partial charge in [0.1, 0.15) is 0 Å². The van der Waals surface area contributed by atoms with E-state index in [9.17, 15) is 14.4 Å². The molecule has 2 aliphatic rings. The molecule has 6 heteroatoms. The molecule has 3 rings (SSSR count). The Kier molecular flexibility index (Phi) is 5.91. The number of amides is 3. The molecule has 0 aromatic heterocycles. The van der Waals surface area contributed by atoms with Crippen LogP contribution in [-0.2, 0) is 20.8 Å². The highest BCUT2D eigenvalue weighted by Crippen LogP contribution is 2.32. The van der Waals surface area contributed by atoms with Crippen molar-refractivity contribution in [3.05, 3.63) is 35.4 Å². The van der Waals surface area contributed by atoms with Gasteiger partial charge in [0.2, 0.25) is 17.7 Å². The molecule has 26 heavy (non-hydrogen) atoms. The van der Waals surface area contributed by atoms with E-state index in [2.05, 4.69) is 11.4 Å². The van der Waals surface area contributed by atoms with Crippen molar-refractivity contribution >= 4 is 17.7 Å². The quantitative estimate of drug-likeness (QED) is 0.871. The highest BCUT2D eigenvalue weighted by Gasteiger charge is 2.30. The van der Waals surface area contributed by atoms with Gasteiger partial charge in [-0.2, -0.15) is 0 Å². The van der Waals surface area contributed by atoms with E-state index in [1.165, 1.54) is 5.56 Å². The summed E-state index contributed by atoms with van der Waals surface area (Å²) in [4.78, 5) is 40.1. The molecule has 1 saturated heterocycles. The van der Waals surface area contributed by atoms with Gasteiger partial charge in [0.15, 0.2) is 0 Å². The number of nitrogens with one attached hydrogen (secondary N) is 1. The van der Waals surface area contributed by atoms with Gasteiger partial charge in [-0.1, -0.05) is 24.3 Å². The normalized spacial score (nSPS) is 19.2. The Hall–Kier alpha value is -2.37. The Morgan fingerprint density at radius 2 is 1.85 bits per heavy atom. The highest BCUT2D eigenvalue weighted by molar-refractivity contribution is 5.81. The second kappa shape index (κ2) is 8.34. The van der Waals surface area contributed by atoms with Crippen LogP contribution in [0.3, 0.4) is 0 Å². The molecule has 2 aliphatic heterocycles. The minimum atomic E-state index is -0.230. The summed E-state index contributed by atoms with van der Waals surface area (Å²) < 4.78 is 0. The van der Waals surface area contributed by atoms with Gasteiger partial charge in [-0.3, -0.25) is 14.4 Å². The number of rotatable bonds is 5. The molecule has 1 atom stereocenters. The SMILES string of the molecule is CC(=O)N1CCc2ccccc2C1CC(=O)NCCC(=O)N1CCCC1. The second-order valence-electron chi connectivity index (χ2n) is 7.07. The highest BCUT2D eigenvalue weighted by atomic mass is 16.2. The maximum Gasteiger partial charge on any atom is 0.224 e. The molecule has 1 aromatic rings. The summed E-state index contributed by atoms with van der Waals surface area (Å²) in [5.41, 5.74) is 2.25. The van der Waals surface area contributed by atoms with Crippen LogP contribution in [0.5, 0.6) is 0 Å². The first kappa shape index (κ1) is 18.4. The summed E-state index contributed by atoms with van der Waals surface area (Å²) in [6.45, 7) is 4.20. The maximum absolute atomic E-state index is 12.4. The zero-order valence-electron chi connectivity index (χ0n) is 15.4. The smallest absolute Gasteiger partial charge is 0.224 e. The van der Waals surface area contributed by atoms with E-state index in [0.29, 0.717) is 19.5 Å². The molecular formula is C20H27N3O3. The summed E-state index contributed by atoms with van der Waals surface area (Å²) >= 11 is 0. The standard InChI is InChI=1S/C20H27N3O3/c1-15(24)23-13-9-16-6-2-3-7-17(16)18(23)14-19(25)21-10-8-20(26)22-11-4-5-12-22/h2-3,6-7,18H,4-5,8-14H2,1H3,(H,21,25). The van der Waals surface area contributed by atoms with Crippen molar-refractivity contribution in [3.8, 4) is 0 Å². The Morgan fingerprint density at radius 1 is 1.12 bits per heavy atom. The fraction of sp³-hybridized carbons (Fsp3) is 0.550. The minimum absolute atomic E-state index is 0.0125. The van der Waals surface area contributed by atoms with Crippen molar-refractivity contribution in [1.82, 2.24) is 15.1 Å². The summed E-state index contributed by atoms with van der Waals surface area (Å²) in [5, 5.41) is 2.85. The topological polar surface area (TPSA) is 69.7 Å². The number of hydrogen-bond donors (Lipinski definition) is 1. The van der Waals surface area contributed by atoms with Crippen molar-refractivity contribution in [2.24, 2.45) is 0 Å². The summed E-state index contributed by atoms with van der Waals surface area (Å²) in [7, 11) is 0. The summed E-state index contributed by atoms with van der Waals surface area (Å²) in [5.74, 6) is -0.0233. The van der Waals surface area contributed by atoms with Crippen molar-refractivity contribution in [2.45, 2.75) is 45.1 Å². The van der Waals surface area contributed by atoms with Crippen LogP contribution in [-0.4, -0.2) is 53.7 Å². The number of nitrogens with zero attached hydrogens (tertiary/aromatic N) is 2. The van der Waals surface area contributed by atoms with Crippen LogP contribution >= 0.6 is 0 Å². The molecule has 0 radical (unpaired) electrons. The molecular weight excluding hydrogens is 330 g/mol. The van der Waals surface area contributed by atoms with E-state index >= 15 is 0 Å². The molecule has 1 N–H and O–H groups in total. The lowest BCUT2D eigenvalue weighted by Gasteiger charge is -2.36. The average molecular weight is 357 g/mol. The lowest BCUT2D eigenvalue weighted by Crippen LogP contribution is -2.41. The summed E-state index contributed by atoms with van der Waals surface area (Å²) in [6, 6.07) is 7.77. The fourth-order valence-electron chi connectivity index (χ4n) is 3.93. The molecule has 140 valence electrons. The Balaban J connectivity index is 1.56. The van der Waals surface area contributed by atoms with Gasteiger partial charge in [0.25, 0.3) is 0 Å². The van der Waals surface area contributed by atoms with Gasteiger partial charge in [-0.15, -0.1) is 0 Å². The molecule has 3 amide bonds. The van der Waals surface area contributed by atoms with Crippen LogP contribution in [0.4, 0.5) is 0 Å². The Labute approximate surface area is 154 Å². The van der Waals surface area contributed by atoms with Crippen LogP contribution < -0.4 is 5.32 Å². The van der Waals surface area contributed by atoms with Gasteiger partial charge >= 0.3 is 0 Å². The number of hydrogen-bond acceptors (Lipinski definition) is 3. The van der Waals surface area contributed by atoms with Gasteiger partial charge in [-0.25, -0.2) is 0 Å². The minimum Gasteiger partial charge on any atom is -0.356 e. The van der Waals surface area contributed by atoms with E-state index in [-0.39, 0.29) is 30.2 Å². The fourth-order valence-corrected chi connectivity index (χ4v) is 3.93. The third kappa shape index (κ3) is 4.23. The Bertz CT molecular complexity index is 683. The number of benzene rings is 1. The van der Waals surface area contributed by atoms with Gasteiger partial charge in [0.05, 0.1) is 12.5 Å². The van der Waals surface area contributed by atoms with Crippen LogP contribution in [0, 0.1) is 0 Å². The molecule has 0 bridgehead atoms. The zero-order chi connectivity index (χ0) is 18.5. The predicted octanol–water partition coefficient (Wildman–Crippen LogP) is 1.65. The second-order valence-corrected chi connectivity index (χ2v) is 7.07. The molecule has 1 aromatic carbocycles. The first-order chi connectivity index (χ1) is 12.6. The Morgan fingerprint density at radius 3 is 2.58 bits per heavy atom. The van der Waals surface area contributed by atoms with Gasteiger partial charge in [0, 0.05) is 39.5 Å². The lowest BCUT2D eigenvalue weighted by molar-refractivity contribution is -0.133. The van der Waals surface area contributed by atoms with Gasteiger partial charge in [-0.05, 0) is 30.4 Å². The third-order valence-corrected chi connectivity index (χ3v) is 5.32. The number of carbonyl (C=O) groups is 3. The first-order valence-electron chi connectivity index (χ1n) is 9.45. The predicted molar refractivity (Wildman–Crippen MR) is 98.3 cm³/mol. The maximum atomic E-state index is 12.4. The van der Waals surface area contributed by atoms with Gasteiger partial charge < -0.3 is 15.1 Å². The monoisotopic (exact) mass is 357 g/mol. The van der Waals surface area contributed by atoms with Crippen LogP contribution in [0.15, 0.2) is 24.3 Å². The van der Waals surface area contributed by atoms with Crippen LogP contribution in [0.25, 0.3) is 0 Å². The lowest BCUT2D eigenvalue weighted by atomic mass is 9.90. The molecule has 1 unspecified atom stereocenters.